The molecule has 0 aliphatic carbocycles. The van der Waals surface area contributed by atoms with E-state index >= 15 is 0 Å². The van der Waals surface area contributed by atoms with E-state index in [1.165, 1.54) is 5.56 Å². The molecule has 0 spiro atoms. The van der Waals surface area contributed by atoms with Gasteiger partial charge in [0.25, 0.3) is 0 Å². The maximum absolute atomic E-state index is 11.7. The molecule has 0 saturated carbocycles. The zero-order valence-corrected chi connectivity index (χ0v) is 13.9. The lowest BCUT2D eigenvalue weighted by Crippen LogP contribution is -2.11. The molecule has 2 aromatic carbocycles. The van der Waals surface area contributed by atoms with Crippen LogP contribution in [-0.4, -0.2) is 15.6 Å². The van der Waals surface area contributed by atoms with Crippen LogP contribution in [0.15, 0.2) is 36.4 Å². The monoisotopic (exact) mass is 318 g/mol. The largest absolute Gasteiger partial charge is 0.477 e. The van der Waals surface area contributed by atoms with Gasteiger partial charge in [-0.25, -0.2) is 9.64 Å². The number of carboxylic acid groups (broad SMARTS) is 1. The third-order valence-electron chi connectivity index (χ3n) is 4.39. The average molecular weight is 318 g/mol. The Morgan fingerprint density at radius 2 is 1.79 bits per heavy atom. The molecule has 24 heavy (non-hydrogen) atoms. The average Bonchev–Trinajstić information content (AvgIpc) is 2.88. The van der Waals surface area contributed by atoms with Crippen LogP contribution in [0.4, 0.5) is 5.69 Å². The van der Waals surface area contributed by atoms with E-state index in [2.05, 4.69) is 23.9 Å². The van der Waals surface area contributed by atoms with Gasteiger partial charge in [-0.1, -0.05) is 29.8 Å². The molecule has 0 saturated heterocycles. The molecule has 1 N–H and O–H groups in total. The maximum Gasteiger partial charge on any atom is 0.352 e. The summed E-state index contributed by atoms with van der Waals surface area (Å²) in [6.45, 7) is 13.8. The van der Waals surface area contributed by atoms with Crippen LogP contribution in [0.1, 0.15) is 32.7 Å². The van der Waals surface area contributed by atoms with Gasteiger partial charge in [0.05, 0.1) is 6.57 Å². The Hall–Kier alpha value is -3.06. The molecule has 0 bridgehead atoms. The predicted molar refractivity (Wildman–Crippen MR) is 94.9 cm³/mol. The van der Waals surface area contributed by atoms with Crippen LogP contribution in [0.25, 0.3) is 15.7 Å². The highest BCUT2D eigenvalue weighted by Crippen LogP contribution is 2.27. The van der Waals surface area contributed by atoms with Gasteiger partial charge in [-0.3, -0.25) is 0 Å². The lowest BCUT2D eigenvalue weighted by Gasteiger charge is -2.15. The third kappa shape index (κ3) is 2.65. The molecule has 0 atom stereocenters. The van der Waals surface area contributed by atoms with Gasteiger partial charge in [-0.2, -0.15) is 0 Å². The van der Waals surface area contributed by atoms with Gasteiger partial charge in [0.1, 0.15) is 5.69 Å². The van der Waals surface area contributed by atoms with Crippen molar-refractivity contribution in [1.82, 2.24) is 4.57 Å². The number of aromatic nitrogens is 1. The number of fused-ring (bicyclic) bond motifs is 1. The molecule has 0 amide bonds. The Balaban J connectivity index is 2.23. The highest BCUT2D eigenvalue weighted by atomic mass is 16.4. The number of hydrogen-bond donors (Lipinski definition) is 1. The van der Waals surface area contributed by atoms with E-state index in [0.717, 1.165) is 27.6 Å². The van der Waals surface area contributed by atoms with E-state index < -0.39 is 5.97 Å². The zero-order valence-electron chi connectivity index (χ0n) is 13.9. The van der Waals surface area contributed by atoms with E-state index in [4.69, 9.17) is 6.57 Å². The van der Waals surface area contributed by atoms with Gasteiger partial charge >= 0.3 is 5.97 Å². The molecule has 3 aromatic rings. The first-order chi connectivity index (χ1) is 11.4. The van der Waals surface area contributed by atoms with E-state index in [1.54, 1.807) is 28.8 Å². The second kappa shape index (κ2) is 5.86. The molecular formula is C20H18N2O2. The number of nitrogens with zero attached hydrogens (tertiary/aromatic N) is 2. The first-order valence-electron chi connectivity index (χ1n) is 7.71. The van der Waals surface area contributed by atoms with Crippen LogP contribution in [0, 0.1) is 27.3 Å². The van der Waals surface area contributed by atoms with E-state index in [-0.39, 0.29) is 5.69 Å². The van der Waals surface area contributed by atoms with Crippen LogP contribution in [0.5, 0.6) is 0 Å². The van der Waals surface area contributed by atoms with Crippen molar-refractivity contribution in [2.75, 3.05) is 0 Å². The van der Waals surface area contributed by atoms with Gasteiger partial charge in [0.15, 0.2) is 5.69 Å². The third-order valence-corrected chi connectivity index (χ3v) is 4.39. The van der Waals surface area contributed by atoms with Gasteiger partial charge in [-0.05, 0) is 55.0 Å². The van der Waals surface area contributed by atoms with Crippen LogP contribution >= 0.6 is 0 Å². The van der Waals surface area contributed by atoms with E-state index in [1.807, 2.05) is 13.8 Å². The van der Waals surface area contributed by atoms with Gasteiger partial charge in [0.2, 0.25) is 0 Å². The van der Waals surface area contributed by atoms with Crippen molar-refractivity contribution in [3.63, 3.8) is 0 Å². The molecule has 4 heteroatoms. The fraction of sp³-hybridized carbons (Fsp3) is 0.200. The summed E-state index contributed by atoms with van der Waals surface area (Å²) < 4.78 is 1.79. The van der Waals surface area contributed by atoms with Crippen molar-refractivity contribution in [1.29, 1.82) is 0 Å². The lowest BCUT2D eigenvalue weighted by atomic mass is 9.99. The minimum absolute atomic E-state index is 0.242. The fourth-order valence-electron chi connectivity index (χ4n) is 3.28. The Kier molecular flexibility index (Phi) is 3.86. The topological polar surface area (TPSA) is 46.6 Å². The first kappa shape index (κ1) is 15.8. The summed E-state index contributed by atoms with van der Waals surface area (Å²) in [4.78, 5) is 15.1. The standard InChI is InChI=1S/C20H18N2O2/c1-12-7-13(2)17(14(3)8-12)11-22-18-10-16(21-4)6-5-15(18)9-19(22)20(23)24/h5-10H,11H2,1-3H3,(H,23,24). The number of rotatable bonds is 3. The molecule has 4 nitrogen and oxygen atoms in total. The summed E-state index contributed by atoms with van der Waals surface area (Å²) in [5.41, 5.74) is 6.13. The second-order valence-electron chi connectivity index (χ2n) is 6.15. The molecule has 1 heterocycles. The smallest absolute Gasteiger partial charge is 0.352 e. The summed E-state index contributed by atoms with van der Waals surface area (Å²) in [7, 11) is 0. The first-order valence-corrected chi connectivity index (χ1v) is 7.71. The molecule has 1 aromatic heterocycles. The summed E-state index contributed by atoms with van der Waals surface area (Å²) in [6, 6.07) is 11.2. The molecule has 0 aliphatic heterocycles. The Morgan fingerprint density at radius 1 is 1.12 bits per heavy atom. The van der Waals surface area contributed by atoms with Crippen LogP contribution in [0.3, 0.4) is 0 Å². The van der Waals surface area contributed by atoms with Crippen LogP contribution in [-0.2, 0) is 6.54 Å². The van der Waals surface area contributed by atoms with Crippen molar-refractivity contribution >= 4 is 22.6 Å². The van der Waals surface area contributed by atoms with Crippen LogP contribution < -0.4 is 0 Å². The molecule has 120 valence electrons. The number of hydrogen-bond acceptors (Lipinski definition) is 1. The normalized spacial score (nSPS) is 10.8. The molecule has 3 rings (SSSR count). The van der Waals surface area contributed by atoms with Crippen molar-refractivity contribution < 1.29 is 9.90 Å². The van der Waals surface area contributed by atoms with Gasteiger partial charge in [0, 0.05) is 12.1 Å². The second-order valence-corrected chi connectivity index (χ2v) is 6.15. The van der Waals surface area contributed by atoms with E-state index in [9.17, 15) is 9.90 Å². The van der Waals surface area contributed by atoms with E-state index in [0.29, 0.717) is 12.2 Å². The quantitative estimate of drug-likeness (QED) is 0.701. The maximum atomic E-state index is 11.7. The van der Waals surface area contributed by atoms with Crippen molar-refractivity contribution in [2.45, 2.75) is 27.3 Å². The Morgan fingerprint density at radius 3 is 2.38 bits per heavy atom. The Bertz CT molecular complexity index is 983. The zero-order chi connectivity index (χ0) is 17.4. The number of carboxylic acids is 1. The SMILES string of the molecule is [C-]#[N+]c1ccc2cc(C(=O)O)n(Cc3c(C)cc(C)cc3C)c2c1. The summed E-state index contributed by atoms with van der Waals surface area (Å²) in [5, 5.41) is 10.4. The molecule has 0 unspecified atom stereocenters. The van der Waals surface area contributed by atoms with Gasteiger partial charge < -0.3 is 9.67 Å². The summed E-state index contributed by atoms with van der Waals surface area (Å²) in [6.07, 6.45) is 0. The Labute approximate surface area is 140 Å². The summed E-state index contributed by atoms with van der Waals surface area (Å²) >= 11 is 0. The highest BCUT2D eigenvalue weighted by Gasteiger charge is 2.17. The molecule has 0 aliphatic rings. The van der Waals surface area contributed by atoms with Crippen molar-refractivity contribution in [3.05, 3.63) is 75.8 Å². The fourth-order valence-corrected chi connectivity index (χ4v) is 3.28. The number of benzene rings is 2. The number of aromatic carboxylic acids is 1. The molecular weight excluding hydrogens is 300 g/mol. The predicted octanol–water partition coefficient (Wildman–Crippen LogP) is 4.86. The number of aryl methyl sites for hydroxylation is 3. The molecule has 0 fully saturated rings. The van der Waals surface area contributed by atoms with Crippen molar-refractivity contribution in [2.24, 2.45) is 0 Å². The summed E-state index contributed by atoms with van der Waals surface area (Å²) in [5.74, 6) is -0.960. The highest BCUT2D eigenvalue weighted by molar-refractivity contribution is 5.95. The van der Waals surface area contributed by atoms with Crippen molar-refractivity contribution in [3.8, 4) is 0 Å². The lowest BCUT2D eigenvalue weighted by molar-refractivity contribution is 0.0686. The molecule has 0 radical (unpaired) electrons. The minimum Gasteiger partial charge on any atom is -0.477 e. The minimum atomic E-state index is -0.960. The van der Waals surface area contributed by atoms with Gasteiger partial charge in [-0.15, -0.1) is 0 Å². The van der Waals surface area contributed by atoms with Crippen LogP contribution in [0.2, 0.25) is 0 Å². The number of carbonyl (C=O) groups is 1.